The summed E-state index contributed by atoms with van der Waals surface area (Å²) >= 11 is 0. The van der Waals surface area contributed by atoms with E-state index < -0.39 is 5.69 Å². The predicted octanol–water partition coefficient (Wildman–Crippen LogP) is 0.422. The summed E-state index contributed by atoms with van der Waals surface area (Å²) in [6.07, 6.45) is 5.20. The van der Waals surface area contributed by atoms with Gasteiger partial charge in [-0.25, -0.2) is 9.78 Å². The molecule has 4 rings (SSSR count). The van der Waals surface area contributed by atoms with E-state index in [2.05, 4.69) is 20.3 Å². The number of aromatic amines is 1. The van der Waals surface area contributed by atoms with Crippen LogP contribution in [0.2, 0.25) is 0 Å². The van der Waals surface area contributed by atoms with Crippen LogP contribution in [0.15, 0.2) is 15.8 Å². The second-order valence-electron chi connectivity index (χ2n) is 6.45. The lowest BCUT2D eigenvalue weighted by Gasteiger charge is -2.23. The minimum Gasteiger partial charge on any atom is -0.376 e. The third-order valence-electron chi connectivity index (χ3n) is 4.74. The van der Waals surface area contributed by atoms with Crippen LogP contribution in [0.4, 0.5) is 5.95 Å². The summed E-state index contributed by atoms with van der Waals surface area (Å²) in [5, 5.41) is 3.39. The lowest BCUT2D eigenvalue weighted by molar-refractivity contribution is -0.0819. The molecular formula is C16H21N5O4. The highest BCUT2D eigenvalue weighted by Gasteiger charge is 2.22. The Hall–Kier alpha value is -2.26. The quantitative estimate of drug-likeness (QED) is 0.824. The molecule has 1 aliphatic carbocycles. The molecule has 0 aromatic carbocycles. The second-order valence-corrected chi connectivity index (χ2v) is 6.45. The van der Waals surface area contributed by atoms with Crippen LogP contribution in [0.5, 0.6) is 0 Å². The molecule has 0 radical (unpaired) electrons. The van der Waals surface area contributed by atoms with Crippen LogP contribution in [0.3, 0.4) is 0 Å². The Bertz CT molecular complexity index is 865. The fourth-order valence-electron chi connectivity index (χ4n) is 3.46. The Morgan fingerprint density at radius 2 is 2.12 bits per heavy atom. The minimum atomic E-state index is -0.405. The van der Waals surface area contributed by atoms with Gasteiger partial charge in [-0.05, 0) is 12.8 Å². The van der Waals surface area contributed by atoms with Gasteiger partial charge in [0.05, 0.1) is 25.9 Å². The first-order valence-corrected chi connectivity index (χ1v) is 8.67. The first-order chi connectivity index (χ1) is 12.2. The fourth-order valence-corrected chi connectivity index (χ4v) is 3.46. The standard InChI is InChI=1S/C16H21N5O4/c22-14-12-8-18-15(17-7-11-9-24-5-6-25-11)19-13(12)20-16(23)21(14)10-3-1-2-4-10/h8,10-11H,1-7,9H2,(H2,17,18,19,20,23). The van der Waals surface area contributed by atoms with Crippen LogP contribution in [-0.2, 0) is 9.47 Å². The van der Waals surface area contributed by atoms with Crippen molar-refractivity contribution in [3.63, 3.8) is 0 Å². The summed E-state index contributed by atoms with van der Waals surface area (Å²) in [5.74, 6) is 0.343. The zero-order valence-electron chi connectivity index (χ0n) is 13.9. The minimum absolute atomic E-state index is 0.0260. The van der Waals surface area contributed by atoms with Crippen molar-refractivity contribution in [3.05, 3.63) is 27.0 Å². The van der Waals surface area contributed by atoms with Crippen LogP contribution in [0, 0.1) is 0 Å². The van der Waals surface area contributed by atoms with E-state index >= 15 is 0 Å². The average molecular weight is 347 g/mol. The van der Waals surface area contributed by atoms with Gasteiger partial charge in [-0.2, -0.15) is 4.98 Å². The number of ether oxygens (including phenoxy) is 2. The molecular weight excluding hydrogens is 326 g/mol. The lowest BCUT2D eigenvalue weighted by Crippen LogP contribution is -2.37. The van der Waals surface area contributed by atoms with E-state index in [4.69, 9.17) is 9.47 Å². The summed E-state index contributed by atoms with van der Waals surface area (Å²) in [6.45, 7) is 2.19. The van der Waals surface area contributed by atoms with Crippen LogP contribution >= 0.6 is 0 Å². The molecule has 2 N–H and O–H groups in total. The molecule has 2 aromatic rings. The molecule has 0 amide bonds. The molecule has 25 heavy (non-hydrogen) atoms. The number of nitrogens with zero attached hydrogens (tertiary/aromatic N) is 3. The van der Waals surface area contributed by atoms with E-state index in [9.17, 15) is 9.59 Å². The van der Waals surface area contributed by atoms with Gasteiger partial charge in [0.1, 0.15) is 5.39 Å². The summed E-state index contributed by atoms with van der Waals surface area (Å²) < 4.78 is 12.2. The zero-order chi connectivity index (χ0) is 17.2. The molecule has 9 nitrogen and oxygen atoms in total. The molecule has 1 atom stereocenters. The summed E-state index contributed by atoms with van der Waals surface area (Å²) in [4.78, 5) is 36.2. The molecule has 1 unspecified atom stereocenters. The topological polar surface area (TPSA) is 111 Å². The van der Waals surface area contributed by atoms with Crippen molar-refractivity contribution in [2.75, 3.05) is 31.7 Å². The number of anilines is 1. The number of hydrogen-bond acceptors (Lipinski definition) is 7. The highest BCUT2D eigenvalue weighted by Crippen LogP contribution is 2.27. The molecule has 0 spiro atoms. The Morgan fingerprint density at radius 3 is 2.88 bits per heavy atom. The summed E-state index contributed by atoms with van der Waals surface area (Å²) in [6, 6.07) is -0.0260. The third-order valence-corrected chi connectivity index (χ3v) is 4.74. The monoisotopic (exact) mass is 347 g/mol. The number of hydrogen-bond donors (Lipinski definition) is 2. The van der Waals surface area contributed by atoms with Gasteiger partial charge in [0.15, 0.2) is 5.65 Å². The second kappa shape index (κ2) is 6.93. The van der Waals surface area contributed by atoms with Crippen molar-refractivity contribution >= 4 is 17.0 Å². The van der Waals surface area contributed by atoms with E-state index in [1.54, 1.807) is 0 Å². The normalized spacial score (nSPS) is 21.7. The average Bonchev–Trinajstić information content (AvgIpc) is 3.15. The molecule has 1 saturated heterocycles. The summed E-state index contributed by atoms with van der Waals surface area (Å²) in [5.41, 5.74) is -0.471. The van der Waals surface area contributed by atoms with Gasteiger partial charge in [-0.3, -0.25) is 14.3 Å². The van der Waals surface area contributed by atoms with Crippen molar-refractivity contribution in [2.24, 2.45) is 0 Å². The van der Waals surface area contributed by atoms with Gasteiger partial charge in [0, 0.05) is 18.8 Å². The first-order valence-electron chi connectivity index (χ1n) is 8.67. The molecule has 0 bridgehead atoms. The largest absolute Gasteiger partial charge is 0.376 e. The lowest BCUT2D eigenvalue weighted by atomic mass is 10.2. The molecule has 2 aromatic heterocycles. The summed E-state index contributed by atoms with van der Waals surface area (Å²) in [7, 11) is 0. The Labute approximate surface area is 143 Å². The van der Waals surface area contributed by atoms with Gasteiger partial charge >= 0.3 is 5.69 Å². The van der Waals surface area contributed by atoms with Gasteiger partial charge in [0.2, 0.25) is 5.95 Å². The number of rotatable bonds is 4. The number of fused-ring (bicyclic) bond motifs is 1. The molecule has 134 valence electrons. The van der Waals surface area contributed by atoms with Crippen molar-refractivity contribution < 1.29 is 9.47 Å². The number of aromatic nitrogens is 4. The number of H-pyrrole nitrogens is 1. The zero-order valence-corrected chi connectivity index (χ0v) is 13.9. The molecule has 3 heterocycles. The molecule has 1 aliphatic heterocycles. The fraction of sp³-hybridized carbons (Fsp3) is 0.625. The Morgan fingerprint density at radius 1 is 1.28 bits per heavy atom. The van der Waals surface area contributed by atoms with E-state index in [0.717, 1.165) is 25.7 Å². The SMILES string of the molecule is O=c1[nH]c2nc(NCC3COCCO3)ncc2c(=O)n1C1CCCC1. The Balaban J connectivity index is 1.59. The van der Waals surface area contributed by atoms with Crippen molar-refractivity contribution in [1.29, 1.82) is 0 Å². The van der Waals surface area contributed by atoms with E-state index in [1.807, 2.05) is 0 Å². The predicted molar refractivity (Wildman–Crippen MR) is 91.0 cm³/mol. The Kier molecular flexibility index (Phi) is 4.50. The van der Waals surface area contributed by atoms with Crippen LogP contribution in [0.1, 0.15) is 31.7 Å². The van der Waals surface area contributed by atoms with Crippen LogP contribution in [0.25, 0.3) is 11.0 Å². The highest BCUT2D eigenvalue weighted by atomic mass is 16.6. The first kappa shape index (κ1) is 16.2. The maximum atomic E-state index is 12.7. The van der Waals surface area contributed by atoms with Crippen molar-refractivity contribution in [3.8, 4) is 0 Å². The van der Waals surface area contributed by atoms with Crippen LogP contribution in [-0.4, -0.2) is 52.0 Å². The van der Waals surface area contributed by atoms with Crippen molar-refractivity contribution in [1.82, 2.24) is 19.5 Å². The van der Waals surface area contributed by atoms with E-state index in [-0.39, 0.29) is 23.4 Å². The van der Waals surface area contributed by atoms with Gasteiger partial charge in [-0.1, -0.05) is 12.8 Å². The van der Waals surface area contributed by atoms with Gasteiger partial charge < -0.3 is 14.8 Å². The van der Waals surface area contributed by atoms with Gasteiger partial charge in [-0.15, -0.1) is 0 Å². The molecule has 2 aliphatic rings. The van der Waals surface area contributed by atoms with Crippen molar-refractivity contribution in [2.45, 2.75) is 37.8 Å². The van der Waals surface area contributed by atoms with E-state index in [0.29, 0.717) is 37.7 Å². The highest BCUT2D eigenvalue weighted by molar-refractivity contribution is 5.73. The van der Waals surface area contributed by atoms with E-state index in [1.165, 1.54) is 10.8 Å². The molecule has 1 saturated carbocycles. The number of nitrogens with one attached hydrogen (secondary N) is 2. The van der Waals surface area contributed by atoms with Crippen LogP contribution < -0.4 is 16.6 Å². The molecule has 9 heteroatoms. The third kappa shape index (κ3) is 3.29. The smallest absolute Gasteiger partial charge is 0.330 e. The van der Waals surface area contributed by atoms with Gasteiger partial charge in [0.25, 0.3) is 5.56 Å². The maximum Gasteiger partial charge on any atom is 0.330 e. The molecule has 2 fully saturated rings. The maximum absolute atomic E-state index is 12.7.